The van der Waals surface area contributed by atoms with Crippen molar-refractivity contribution in [3.63, 3.8) is 0 Å². The summed E-state index contributed by atoms with van der Waals surface area (Å²) in [6.45, 7) is 0. The highest BCUT2D eigenvalue weighted by Crippen LogP contribution is 2.26. The molecule has 0 saturated heterocycles. The molecule has 0 spiro atoms. The predicted molar refractivity (Wildman–Crippen MR) is 96.5 cm³/mol. The molecule has 0 aliphatic carbocycles. The number of benzene rings is 2. The van der Waals surface area contributed by atoms with Crippen LogP contribution in [0.5, 0.6) is 0 Å². The van der Waals surface area contributed by atoms with Crippen LogP contribution in [-0.4, -0.2) is 14.2 Å². The zero-order valence-electron chi connectivity index (χ0n) is 12.3. The molecule has 4 nitrogen and oxygen atoms in total. The predicted octanol–water partition coefficient (Wildman–Crippen LogP) is 4.43. The van der Waals surface area contributed by atoms with Gasteiger partial charge in [-0.05, 0) is 29.6 Å². The number of rotatable bonds is 5. The lowest BCUT2D eigenvalue weighted by Crippen LogP contribution is -2.15. The Morgan fingerprint density at radius 2 is 1.79 bits per heavy atom. The van der Waals surface area contributed by atoms with Crippen LogP contribution in [0.3, 0.4) is 0 Å². The monoisotopic (exact) mass is 377 g/mol. The number of carbonyl (C=O) groups is 1. The minimum absolute atomic E-state index is 0.153. The van der Waals surface area contributed by atoms with E-state index < -0.39 is 10.0 Å². The molecular formula is C17H12ClNO3S2. The Morgan fingerprint density at radius 3 is 2.46 bits per heavy atom. The van der Waals surface area contributed by atoms with Crippen molar-refractivity contribution in [2.45, 2.75) is 4.90 Å². The van der Waals surface area contributed by atoms with E-state index in [9.17, 15) is 13.2 Å². The van der Waals surface area contributed by atoms with Crippen LogP contribution in [0.25, 0.3) is 0 Å². The van der Waals surface area contributed by atoms with Crippen LogP contribution in [0.4, 0.5) is 5.69 Å². The van der Waals surface area contributed by atoms with E-state index in [1.165, 1.54) is 41.0 Å². The van der Waals surface area contributed by atoms with E-state index in [4.69, 9.17) is 11.6 Å². The van der Waals surface area contributed by atoms with Gasteiger partial charge in [-0.15, -0.1) is 0 Å². The van der Waals surface area contributed by atoms with Gasteiger partial charge < -0.3 is 0 Å². The van der Waals surface area contributed by atoms with E-state index in [1.54, 1.807) is 35.7 Å². The molecule has 3 aromatic rings. The van der Waals surface area contributed by atoms with Gasteiger partial charge in [-0.3, -0.25) is 9.52 Å². The van der Waals surface area contributed by atoms with Gasteiger partial charge in [0.25, 0.3) is 10.0 Å². The van der Waals surface area contributed by atoms with Crippen LogP contribution in [0.1, 0.15) is 15.9 Å². The van der Waals surface area contributed by atoms with Gasteiger partial charge in [-0.2, -0.15) is 11.3 Å². The molecule has 0 fully saturated rings. The molecule has 0 aliphatic rings. The molecule has 0 atom stereocenters. The minimum atomic E-state index is -3.76. The smallest absolute Gasteiger partial charge is 0.262 e. The largest absolute Gasteiger partial charge is 0.289 e. The van der Waals surface area contributed by atoms with Gasteiger partial charge in [0.05, 0.1) is 10.6 Å². The summed E-state index contributed by atoms with van der Waals surface area (Å²) in [6, 6.07) is 14.6. The van der Waals surface area contributed by atoms with Gasteiger partial charge in [0.1, 0.15) is 0 Å². The third kappa shape index (κ3) is 3.51. The van der Waals surface area contributed by atoms with E-state index in [1.807, 2.05) is 0 Å². The summed E-state index contributed by atoms with van der Waals surface area (Å²) in [7, 11) is -3.76. The fraction of sp³-hybridized carbons (Fsp3) is 0. The lowest BCUT2D eigenvalue weighted by molar-refractivity contribution is 0.103. The molecule has 0 amide bonds. The fourth-order valence-electron chi connectivity index (χ4n) is 2.15. The number of sulfonamides is 1. The second kappa shape index (κ2) is 6.76. The lowest BCUT2D eigenvalue weighted by Gasteiger charge is -2.12. The molecule has 1 aromatic heterocycles. The quantitative estimate of drug-likeness (QED) is 0.669. The highest BCUT2D eigenvalue weighted by molar-refractivity contribution is 7.92. The topological polar surface area (TPSA) is 63.2 Å². The second-order valence-corrected chi connectivity index (χ2v) is 7.85. The van der Waals surface area contributed by atoms with Crippen molar-refractivity contribution in [2.24, 2.45) is 0 Å². The number of carbonyl (C=O) groups excluding carboxylic acids is 1. The Kier molecular flexibility index (Phi) is 4.71. The molecule has 122 valence electrons. The van der Waals surface area contributed by atoms with Crippen LogP contribution >= 0.6 is 22.9 Å². The molecule has 7 heteroatoms. The summed E-state index contributed by atoms with van der Waals surface area (Å²) >= 11 is 7.27. The third-order valence-electron chi connectivity index (χ3n) is 3.31. The van der Waals surface area contributed by atoms with Crippen LogP contribution in [-0.2, 0) is 10.0 Å². The Labute approximate surface area is 148 Å². The number of halogens is 1. The summed E-state index contributed by atoms with van der Waals surface area (Å²) in [6.07, 6.45) is 0. The maximum atomic E-state index is 12.7. The zero-order valence-corrected chi connectivity index (χ0v) is 14.7. The molecular weight excluding hydrogens is 366 g/mol. The minimum Gasteiger partial charge on any atom is -0.289 e. The normalized spacial score (nSPS) is 11.2. The lowest BCUT2D eigenvalue weighted by atomic mass is 10.0. The fourth-order valence-corrected chi connectivity index (χ4v) is 4.43. The number of nitrogens with one attached hydrogen (secondary N) is 1. The molecule has 0 bridgehead atoms. The summed E-state index contributed by atoms with van der Waals surface area (Å²) in [5, 5.41) is 3.55. The summed E-state index contributed by atoms with van der Waals surface area (Å²) in [5.74, 6) is -0.305. The third-order valence-corrected chi connectivity index (χ3v) is 5.74. The molecule has 0 unspecified atom stereocenters. The number of ketones is 1. The maximum Gasteiger partial charge on any atom is 0.262 e. The van der Waals surface area contributed by atoms with Crippen molar-refractivity contribution in [1.29, 1.82) is 0 Å². The Hall–Kier alpha value is -2.15. The Balaban J connectivity index is 2.02. The molecule has 0 saturated carbocycles. The van der Waals surface area contributed by atoms with Crippen molar-refractivity contribution >= 4 is 44.4 Å². The average molecular weight is 378 g/mol. The van der Waals surface area contributed by atoms with Crippen molar-refractivity contribution in [1.82, 2.24) is 0 Å². The Morgan fingerprint density at radius 1 is 1.04 bits per heavy atom. The van der Waals surface area contributed by atoms with E-state index in [2.05, 4.69) is 4.72 Å². The zero-order chi connectivity index (χ0) is 17.2. The van der Waals surface area contributed by atoms with Gasteiger partial charge in [0.15, 0.2) is 5.78 Å². The first-order chi connectivity index (χ1) is 11.5. The number of thiophene rings is 1. The standard InChI is InChI=1S/C17H12ClNO3S2/c18-13-6-7-16(19-24(21,22)14-8-9-23-11-14)15(10-13)17(20)12-4-2-1-3-5-12/h1-11,19H. The van der Waals surface area contributed by atoms with Crippen LogP contribution in [0.2, 0.25) is 5.02 Å². The molecule has 1 N–H and O–H groups in total. The van der Waals surface area contributed by atoms with E-state index >= 15 is 0 Å². The molecule has 0 aliphatic heterocycles. The summed E-state index contributed by atoms with van der Waals surface area (Å²) in [4.78, 5) is 12.9. The first-order valence-corrected chi connectivity index (χ1v) is 9.72. The van der Waals surface area contributed by atoms with Crippen molar-refractivity contribution in [3.05, 3.63) is 81.5 Å². The van der Waals surface area contributed by atoms with Gasteiger partial charge >= 0.3 is 0 Å². The van der Waals surface area contributed by atoms with Crippen LogP contribution < -0.4 is 4.72 Å². The first kappa shape index (κ1) is 16.7. The van der Waals surface area contributed by atoms with Gasteiger partial charge in [-0.25, -0.2) is 8.42 Å². The number of hydrogen-bond donors (Lipinski definition) is 1. The van der Waals surface area contributed by atoms with Crippen molar-refractivity contribution in [3.8, 4) is 0 Å². The highest BCUT2D eigenvalue weighted by Gasteiger charge is 2.20. The molecule has 3 rings (SSSR count). The van der Waals surface area contributed by atoms with Gasteiger partial charge in [0, 0.05) is 21.5 Å². The van der Waals surface area contributed by atoms with Gasteiger partial charge in [-0.1, -0.05) is 41.9 Å². The summed E-state index contributed by atoms with van der Waals surface area (Å²) in [5.41, 5.74) is 0.850. The van der Waals surface area contributed by atoms with E-state index in [-0.39, 0.29) is 21.9 Å². The van der Waals surface area contributed by atoms with Crippen LogP contribution in [0, 0.1) is 0 Å². The molecule has 24 heavy (non-hydrogen) atoms. The van der Waals surface area contributed by atoms with Crippen molar-refractivity contribution < 1.29 is 13.2 Å². The maximum absolute atomic E-state index is 12.7. The van der Waals surface area contributed by atoms with Crippen LogP contribution in [0.15, 0.2) is 70.3 Å². The SMILES string of the molecule is O=C(c1ccccc1)c1cc(Cl)ccc1NS(=O)(=O)c1ccsc1. The van der Waals surface area contributed by atoms with Crippen molar-refractivity contribution in [2.75, 3.05) is 4.72 Å². The molecule has 1 heterocycles. The van der Waals surface area contributed by atoms with Gasteiger partial charge in [0.2, 0.25) is 0 Å². The number of anilines is 1. The summed E-state index contributed by atoms with van der Waals surface area (Å²) < 4.78 is 27.3. The van der Waals surface area contributed by atoms with E-state index in [0.717, 1.165) is 0 Å². The highest BCUT2D eigenvalue weighted by atomic mass is 35.5. The number of hydrogen-bond acceptors (Lipinski definition) is 4. The second-order valence-electron chi connectivity index (χ2n) is 4.95. The molecule has 0 radical (unpaired) electrons. The average Bonchev–Trinajstić information content (AvgIpc) is 3.12. The Bertz CT molecular complexity index is 968. The molecule has 2 aromatic carbocycles. The first-order valence-electron chi connectivity index (χ1n) is 6.92. The van der Waals surface area contributed by atoms with E-state index in [0.29, 0.717) is 10.6 Å².